The highest BCUT2D eigenvalue weighted by Crippen LogP contribution is 2.35. The first kappa shape index (κ1) is 19.1. The molecule has 2 atom stereocenters. The van der Waals surface area contributed by atoms with E-state index in [1.807, 2.05) is 22.8 Å². The number of alkyl halides is 1. The first-order valence-corrected chi connectivity index (χ1v) is 9.41. The van der Waals surface area contributed by atoms with Crippen LogP contribution in [0.1, 0.15) is 35.4 Å². The Morgan fingerprint density at radius 3 is 2.69 bits per heavy atom. The maximum absolute atomic E-state index is 14.7. The number of nitrogens with zero attached hydrogens (tertiary/aromatic N) is 4. The first-order chi connectivity index (χ1) is 13.8. The second-order valence-corrected chi connectivity index (χ2v) is 7.43. The highest BCUT2D eigenvalue weighted by atomic mass is 19.1. The smallest absolute Gasteiger partial charge is 0.277 e. The van der Waals surface area contributed by atoms with Crippen LogP contribution in [0.3, 0.4) is 0 Å². The fourth-order valence-electron chi connectivity index (χ4n) is 4.10. The van der Waals surface area contributed by atoms with Gasteiger partial charge in [-0.05, 0) is 37.5 Å². The minimum Gasteiger partial charge on any atom is -0.328 e. The maximum Gasteiger partial charge on any atom is 0.277 e. The van der Waals surface area contributed by atoms with Gasteiger partial charge < -0.3 is 4.57 Å². The summed E-state index contributed by atoms with van der Waals surface area (Å²) in [6.07, 6.45) is 7.02. The molecule has 0 bridgehead atoms. The molecule has 29 heavy (non-hydrogen) atoms. The van der Waals surface area contributed by atoms with Gasteiger partial charge in [-0.25, -0.2) is 8.78 Å². The average molecular weight is 394 g/mol. The van der Waals surface area contributed by atoms with Crippen LogP contribution in [0.25, 0.3) is 16.8 Å². The summed E-state index contributed by atoms with van der Waals surface area (Å²) in [4.78, 5) is 13.0. The molecule has 0 saturated carbocycles. The van der Waals surface area contributed by atoms with Crippen LogP contribution < -0.4 is 5.56 Å². The number of rotatable bonds is 2. The standard InChI is InChI=1S/C22H20F2N4O/c1-12-20(15-6-4-14(11-25)5-7-15)27(3)21-19(13(2)26-28(21)22(12)29)17-9-8-16(23)10-18(17)24/h4,6-9,14,18H,5,10H2,1-3H3. The zero-order valence-corrected chi connectivity index (χ0v) is 16.4. The number of allylic oxidation sites excluding steroid dienone is 8. The lowest BCUT2D eigenvalue weighted by molar-refractivity contribution is 0.380. The number of hydrogen-bond donors (Lipinski definition) is 0. The van der Waals surface area contributed by atoms with Crippen molar-refractivity contribution >= 4 is 16.8 Å². The molecule has 2 aliphatic rings. The molecule has 4 rings (SSSR count). The zero-order chi connectivity index (χ0) is 20.9. The SMILES string of the molecule is Cc1nn2c(=O)c(C)c(C3=CCC(C#N)C=C3)n(C)c2c1C1=CC=C(F)CC1F. The van der Waals surface area contributed by atoms with Gasteiger partial charge in [0.2, 0.25) is 0 Å². The number of aromatic nitrogens is 3. The maximum atomic E-state index is 14.7. The van der Waals surface area contributed by atoms with Gasteiger partial charge in [0.05, 0.1) is 23.4 Å². The molecule has 0 amide bonds. The quantitative estimate of drug-likeness (QED) is 0.770. The summed E-state index contributed by atoms with van der Waals surface area (Å²) in [5, 5.41) is 13.5. The van der Waals surface area contributed by atoms with Crippen LogP contribution in [0, 0.1) is 31.1 Å². The van der Waals surface area contributed by atoms with E-state index in [-0.39, 0.29) is 17.9 Å². The van der Waals surface area contributed by atoms with Crippen molar-refractivity contribution in [3.63, 3.8) is 0 Å². The van der Waals surface area contributed by atoms with E-state index in [2.05, 4.69) is 11.2 Å². The Hall–Kier alpha value is -3.27. The molecule has 0 fully saturated rings. The Bertz CT molecular complexity index is 1250. The van der Waals surface area contributed by atoms with E-state index in [4.69, 9.17) is 5.26 Å². The van der Waals surface area contributed by atoms with Gasteiger partial charge in [-0.3, -0.25) is 4.79 Å². The number of fused-ring (bicyclic) bond motifs is 1. The van der Waals surface area contributed by atoms with Gasteiger partial charge in [0, 0.05) is 24.6 Å². The molecular formula is C22H20F2N4O. The fraction of sp³-hybridized carbons (Fsp3) is 0.318. The largest absolute Gasteiger partial charge is 0.328 e. The van der Waals surface area contributed by atoms with E-state index in [0.29, 0.717) is 40.2 Å². The van der Waals surface area contributed by atoms with Crippen molar-refractivity contribution in [2.75, 3.05) is 0 Å². The van der Waals surface area contributed by atoms with Gasteiger partial charge in [-0.2, -0.15) is 14.9 Å². The van der Waals surface area contributed by atoms with Gasteiger partial charge in [-0.15, -0.1) is 0 Å². The van der Waals surface area contributed by atoms with E-state index in [1.54, 1.807) is 20.9 Å². The Morgan fingerprint density at radius 2 is 2.07 bits per heavy atom. The van der Waals surface area contributed by atoms with Crippen LogP contribution in [0.5, 0.6) is 0 Å². The summed E-state index contributed by atoms with van der Waals surface area (Å²) in [5.74, 6) is -0.695. The second-order valence-electron chi connectivity index (χ2n) is 7.43. The van der Waals surface area contributed by atoms with E-state index in [1.165, 1.54) is 16.7 Å². The van der Waals surface area contributed by atoms with E-state index in [0.717, 1.165) is 5.57 Å². The summed E-state index contributed by atoms with van der Waals surface area (Å²) in [5.41, 5.74) is 3.57. The van der Waals surface area contributed by atoms with Crippen LogP contribution >= 0.6 is 0 Å². The number of aryl methyl sites for hydroxylation is 2. The molecule has 0 N–H and O–H groups in total. The molecule has 2 aliphatic carbocycles. The van der Waals surface area contributed by atoms with Crippen LogP contribution in [-0.2, 0) is 7.05 Å². The predicted octanol–water partition coefficient (Wildman–Crippen LogP) is 4.11. The molecule has 2 heterocycles. The Kier molecular flexibility index (Phi) is 4.58. The van der Waals surface area contributed by atoms with Crippen LogP contribution in [-0.4, -0.2) is 20.4 Å². The normalized spacial score (nSPS) is 21.6. The van der Waals surface area contributed by atoms with Crippen molar-refractivity contribution in [2.24, 2.45) is 13.0 Å². The number of halogens is 2. The average Bonchev–Trinajstić information content (AvgIpc) is 3.04. The third-order valence-electron chi connectivity index (χ3n) is 5.54. The van der Waals surface area contributed by atoms with Crippen molar-refractivity contribution in [1.82, 2.24) is 14.2 Å². The Morgan fingerprint density at radius 1 is 1.31 bits per heavy atom. The van der Waals surface area contributed by atoms with Gasteiger partial charge in [-0.1, -0.05) is 24.3 Å². The lowest BCUT2D eigenvalue weighted by atomic mass is 9.93. The summed E-state index contributed by atoms with van der Waals surface area (Å²) >= 11 is 0. The minimum atomic E-state index is -1.50. The highest BCUT2D eigenvalue weighted by Gasteiger charge is 2.28. The molecule has 5 nitrogen and oxygen atoms in total. The van der Waals surface area contributed by atoms with Gasteiger partial charge in [0.15, 0.2) is 0 Å². The van der Waals surface area contributed by atoms with Crippen molar-refractivity contribution in [3.05, 3.63) is 69.1 Å². The first-order valence-electron chi connectivity index (χ1n) is 9.41. The fourth-order valence-corrected chi connectivity index (χ4v) is 4.10. The van der Waals surface area contributed by atoms with E-state index in [9.17, 15) is 13.6 Å². The van der Waals surface area contributed by atoms with Gasteiger partial charge in [0.25, 0.3) is 5.56 Å². The van der Waals surface area contributed by atoms with Gasteiger partial charge in [0.1, 0.15) is 17.6 Å². The van der Waals surface area contributed by atoms with E-state index >= 15 is 0 Å². The molecule has 0 spiro atoms. The second kappa shape index (κ2) is 6.96. The van der Waals surface area contributed by atoms with Crippen molar-refractivity contribution < 1.29 is 8.78 Å². The molecular weight excluding hydrogens is 374 g/mol. The molecule has 2 aromatic heterocycles. The van der Waals surface area contributed by atoms with E-state index < -0.39 is 12.0 Å². The monoisotopic (exact) mass is 394 g/mol. The molecule has 0 saturated heterocycles. The summed E-state index contributed by atoms with van der Waals surface area (Å²) in [6, 6.07) is 2.21. The lowest BCUT2D eigenvalue weighted by Gasteiger charge is -2.20. The topological polar surface area (TPSA) is 63.1 Å². The van der Waals surface area contributed by atoms with Crippen molar-refractivity contribution in [1.29, 1.82) is 5.26 Å². The third-order valence-corrected chi connectivity index (χ3v) is 5.54. The summed E-state index contributed by atoms with van der Waals surface area (Å²) < 4.78 is 31.3. The van der Waals surface area contributed by atoms with Crippen LogP contribution in [0.4, 0.5) is 8.78 Å². The molecule has 2 aromatic rings. The van der Waals surface area contributed by atoms with Crippen molar-refractivity contribution in [2.45, 2.75) is 32.9 Å². The predicted molar refractivity (Wildman–Crippen MR) is 107 cm³/mol. The molecule has 148 valence electrons. The lowest BCUT2D eigenvalue weighted by Crippen LogP contribution is -2.24. The molecule has 0 aromatic carbocycles. The van der Waals surface area contributed by atoms with Crippen LogP contribution in [0.2, 0.25) is 0 Å². The van der Waals surface area contributed by atoms with Gasteiger partial charge >= 0.3 is 0 Å². The molecule has 2 unspecified atom stereocenters. The summed E-state index contributed by atoms with van der Waals surface area (Å²) in [7, 11) is 1.81. The Labute approximate surface area is 166 Å². The number of hydrogen-bond acceptors (Lipinski definition) is 3. The molecule has 7 heteroatoms. The zero-order valence-electron chi connectivity index (χ0n) is 16.4. The minimum absolute atomic E-state index is 0.186. The van der Waals surface area contributed by atoms with Crippen LogP contribution in [0.15, 0.2) is 41.0 Å². The summed E-state index contributed by atoms with van der Waals surface area (Å²) in [6.45, 7) is 3.45. The number of nitriles is 1. The molecule has 0 aliphatic heterocycles. The third kappa shape index (κ3) is 2.96. The molecule has 0 radical (unpaired) electrons. The van der Waals surface area contributed by atoms with Crippen molar-refractivity contribution in [3.8, 4) is 6.07 Å². The Balaban J connectivity index is 2.00. The highest BCUT2D eigenvalue weighted by molar-refractivity contribution is 5.84.